The van der Waals surface area contributed by atoms with Crippen molar-refractivity contribution in [2.24, 2.45) is 0 Å². The van der Waals surface area contributed by atoms with E-state index in [1.807, 2.05) is 24.4 Å². The lowest BCUT2D eigenvalue weighted by atomic mass is 9.88. The molecule has 1 heterocycles. The molecular formula is C25H21Cl2N3O. The minimum Gasteiger partial charge on any atom is -0.334 e. The zero-order valence-corrected chi connectivity index (χ0v) is 18.4. The molecule has 1 aromatic heterocycles. The zero-order valence-electron chi connectivity index (χ0n) is 16.9. The number of amides is 2. The van der Waals surface area contributed by atoms with Gasteiger partial charge >= 0.3 is 6.03 Å². The third kappa shape index (κ3) is 4.66. The number of urea groups is 1. The number of benzene rings is 3. The van der Waals surface area contributed by atoms with Gasteiger partial charge in [0.2, 0.25) is 0 Å². The van der Waals surface area contributed by atoms with E-state index in [-0.39, 0.29) is 11.9 Å². The molecule has 0 aliphatic heterocycles. The first-order chi connectivity index (χ1) is 15.0. The predicted molar refractivity (Wildman–Crippen MR) is 128 cm³/mol. The summed E-state index contributed by atoms with van der Waals surface area (Å²) in [6.45, 7) is 2.55. The fraction of sp³-hybridized carbons (Fsp3) is 0.120. The van der Waals surface area contributed by atoms with Crippen molar-refractivity contribution in [2.45, 2.75) is 19.4 Å². The van der Waals surface area contributed by atoms with Crippen LogP contribution in [0.1, 0.15) is 29.5 Å². The minimum absolute atomic E-state index is 0.237. The van der Waals surface area contributed by atoms with Gasteiger partial charge in [0.05, 0.1) is 15.7 Å². The van der Waals surface area contributed by atoms with Gasteiger partial charge in [-0.15, -0.1) is 0 Å². The summed E-state index contributed by atoms with van der Waals surface area (Å²) in [4.78, 5) is 16.7. The number of fused-ring (bicyclic) bond motifs is 1. The van der Waals surface area contributed by atoms with E-state index in [1.54, 1.807) is 24.4 Å². The highest BCUT2D eigenvalue weighted by atomic mass is 35.5. The Morgan fingerprint density at radius 2 is 1.77 bits per heavy atom. The van der Waals surface area contributed by atoms with Gasteiger partial charge in [-0.3, -0.25) is 4.98 Å². The van der Waals surface area contributed by atoms with Crippen LogP contribution in [0.2, 0.25) is 10.0 Å². The summed E-state index contributed by atoms with van der Waals surface area (Å²) in [5.74, 6) is 0.237. The van der Waals surface area contributed by atoms with Crippen LogP contribution in [0.25, 0.3) is 10.8 Å². The topological polar surface area (TPSA) is 54.0 Å². The Kier molecular flexibility index (Phi) is 6.40. The van der Waals surface area contributed by atoms with E-state index >= 15 is 0 Å². The van der Waals surface area contributed by atoms with E-state index in [0.29, 0.717) is 22.3 Å². The first-order valence-corrected chi connectivity index (χ1v) is 10.7. The van der Waals surface area contributed by atoms with Crippen LogP contribution in [-0.2, 0) is 6.54 Å². The molecule has 0 saturated carbocycles. The number of nitrogens with one attached hydrogen (secondary N) is 2. The first-order valence-electron chi connectivity index (χ1n) is 9.94. The number of aromatic nitrogens is 1. The van der Waals surface area contributed by atoms with Crippen LogP contribution >= 0.6 is 23.2 Å². The maximum atomic E-state index is 12.4. The van der Waals surface area contributed by atoms with Crippen molar-refractivity contribution in [3.63, 3.8) is 0 Å². The van der Waals surface area contributed by atoms with Crippen LogP contribution in [0.15, 0.2) is 79.1 Å². The van der Waals surface area contributed by atoms with E-state index < -0.39 is 0 Å². The lowest BCUT2D eigenvalue weighted by Crippen LogP contribution is -2.28. The van der Waals surface area contributed by atoms with Gasteiger partial charge in [0.15, 0.2) is 0 Å². The fourth-order valence-electron chi connectivity index (χ4n) is 3.67. The molecule has 156 valence electrons. The van der Waals surface area contributed by atoms with Gasteiger partial charge in [0.25, 0.3) is 0 Å². The Bertz CT molecular complexity index is 1230. The van der Waals surface area contributed by atoms with Crippen molar-refractivity contribution in [3.05, 3.63) is 106 Å². The van der Waals surface area contributed by atoms with Gasteiger partial charge < -0.3 is 10.6 Å². The molecule has 1 atom stereocenters. The number of anilines is 1. The molecule has 2 N–H and O–H groups in total. The molecule has 3 aromatic carbocycles. The Morgan fingerprint density at radius 1 is 0.968 bits per heavy atom. The molecule has 0 saturated heterocycles. The summed E-state index contributed by atoms with van der Waals surface area (Å²) in [6, 6.07) is 21.4. The van der Waals surface area contributed by atoms with Gasteiger partial charge in [0, 0.05) is 30.2 Å². The molecule has 0 radical (unpaired) electrons. The second kappa shape index (κ2) is 9.38. The Hall–Kier alpha value is -3.08. The maximum Gasteiger partial charge on any atom is 0.319 e. The summed E-state index contributed by atoms with van der Waals surface area (Å²) < 4.78 is 0. The van der Waals surface area contributed by atoms with E-state index in [0.717, 1.165) is 16.3 Å². The number of hydrogen-bond donors (Lipinski definition) is 2. The first kappa shape index (κ1) is 21.2. The zero-order chi connectivity index (χ0) is 21.8. The van der Waals surface area contributed by atoms with Crippen molar-refractivity contribution in [1.29, 1.82) is 0 Å². The summed E-state index contributed by atoms with van der Waals surface area (Å²) in [5.41, 5.74) is 3.93. The molecular weight excluding hydrogens is 429 g/mol. The largest absolute Gasteiger partial charge is 0.334 e. The number of pyridine rings is 1. The molecule has 2 amide bonds. The summed E-state index contributed by atoms with van der Waals surface area (Å²) >= 11 is 12.2. The quantitative estimate of drug-likeness (QED) is 0.344. The van der Waals surface area contributed by atoms with Crippen molar-refractivity contribution in [2.75, 3.05) is 5.32 Å². The van der Waals surface area contributed by atoms with E-state index in [1.165, 1.54) is 11.1 Å². The second-order valence-electron chi connectivity index (χ2n) is 7.28. The molecule has 6 heteroatoms. The molecule has 0 aliphatic rings. The normalized spacial score (nSPS) is 11.8. The number of hydrogen-bond acceptors (Lipinski definition) is 2. The standard InChI is InChI=1S/C25H21Cl2N3O/c1-16(17-6-3-2-4-7-17)19-11-10-18(21-15-28-13-12-20(19)21)14-29-25(31)30-23-9-5-8-22(26)24(23)27/h2-13,15-16H,14H2,1H3,(H2,29,30,31). The molecule has 0 spiro atoms. The SMILES string of the molecule is CC(c1ccccc1)c1ccc(CNC(=O)Nc2cccc(Cl)c2Cl)c2cnccc12. The molecule has 4 nitrogen and oxygen atoms in total. The van der Waals surface area contributed by atoms with Crippen LogP contribution in [0.4, 0.5) is 10.5 Å². The summed E-state index contributed by atoms with van der Waals surface area (Å²) in [5, 5.41) is 8.47. The van der Waals surface area contributed by atoms with Gasteiger partial charge in [-0.2, -0.15) is 0 Å². The lowest BCUT2D eigenvalue weighted by Gasteiger charge is -2.17. The average molecular weight is 450 g/mol. The molecule has 1 unspecified atom stereocenters. The Labute approximate surface area is 191 Å². The van der Waals surface area contributed by atoms with Crippen LogP contribution in [0.5, 0.6) is 0 Å². The van der Waals surface area contributed by atoms with E-state index in [9.17, 15) is 4.79 Å². The molecule has 4 aromatic rings. The van der Waals surface area contributed by atoms with Crippen LogP contribution in [-0.4, -0.2) is 11.0 Å². The van der Waals surface area contributed by atoms with Gasteiger partial charge in [-0.05, 0) is 40.3 Å². The van der Waals surface area contributed by atoms with Gasteiger partial charge in [0.1, 0.15) is 0 Å². The molecule has 4 rings (SSSR count). The highest BCUT2D eigenvalue weighted by Crippen LogP contribution is 2.32. The lowest BCUT2D eigenvalue weighted by molar-refractivity contribution is 0.252. The number of halogens is 2. The van der Waals surface area contributed by atoms with Crippen LogP contribution in [0, 0.1) is 0 Å². The number of nitrogens with zero attached hydrogens (tertiary/aromatic N) is 1. The van der Waals surface area contributed by atoms with Crippen LogP contribution < -0.4 is 10.6 Å². The number of carbonyl (C=O) groups is 1. The third-order valence-corrected chi connectivity index (χ3v) is 6.17. The van der Waals surface area contributed by atoms with Crippen molar-refractivity contribution in [3.8, 4) is 0 Å². The smallest absolute Gasteiger partial charge is 0.319 e. The van der Waals surface area contributed by atoms with Crippen molar-refractivity contribution in [1.82, 2.24) is 10.3 Å². The second-order valence-corrected chi connectivity index (χ2v) is 8.06. The highest BCUT2D eigenvalue weighted by molar-refractivity contribution is 6.43. The Balaban J connectivity index is 1.55. The van der Waals surface area contributed by atoms with Gasteiger partial charge in [-0.25, -0.2) is 4.79 Å². The highest BCUT2D eigenvalue weighted by Gasteiger charge is 2.14. The van der Waals surface area contributed by atoms with Gasteiger partial charge in [-0.1, -0.05) is 78.7 Å². The summed E-state index contributed by atoms with van der Waals surface area (Å²) in [7, 11) is 0. The monoisotopic (exact) mass is 449 g/mol. The van der Waals surface area contributed by atoms with Crippen molar-refractivity contribution < 1.29 is 4.79 Å². The third-order valence-electron chi connectivity index (χ3n) is 5.35. The molecule has 0 aliphatic carbocycles. The summed E-state index contributed by atoms with van der Waals surface area (Å²) in [6.07, 6.45) is 3.65. The predicted octanol–water partition coefficient (Wildman–Crippen LogP) is 7.02. The molecule has 0 bridgehead atoms. The van der Waals surface area contributed by atoms with E-state index in [4.69, 9.17) is 23.2 Å². The average Bonchev–Trinajstić information content (AvgIpc) is 2.80. The number of rotatable bonds is 5. The van der Waals surface area contributed by atoms with Crippen molar-refractivity contribution >= 4 is 45.7 Å². The molecule has 31 heavy (non-hydrogen) atoms. The van der Waals surface area contributed by atoms with Crippen LogP contribution in [0.3, 0.4) is 0 Å². The number of carbonyl (C=O) groups excluding carboxylic acids is 1. The fourth-order valence-corrected chi connectivity index (χ4v) is 4.02. The maximum absolute atomic E-state index is 12.4. The minimum atomic E-state index is -0.358. The molecule has 0 fully saturated rings. The van der Waals surface area contributed by atoms with E-state index in [2.05, 4.69) is 52.9 Å². The Morgan fingerprint density at radius 3 is 2.58 bits per heavy atom.